The van der Waals surface area contributed by atoms with Crippen molar-refractivity contribution >= 4 is 27.2 Å². The minimum atomic E-state index is -3.61. The summed E-state index contributed by atoms with van der Waals surface area (Å²) in [5.41, 5.74) is 0.341. The molecule has 3 rings (SSSR count). The summed E-state index contributed by atoms with van der Waals surface area (Å²) < 4.78 is 26.7. The van der Waals surface area contributed by atoms with Gasteiger partial charge in [0.25, 0.3) is 5.69 Å². The Labute approximate surface area is 157 Å². The molecule has 8 nitrogen and oxygen atoms in total. The van der Waals surface area contributed by atoms with Gasteiger partial charge >= 0.3 is 0 Å². The van der Waals surface area contributed by atoms with E-state index in [1.54, 1.807) is 6.07 Å². The fourth-order valence-electron chi connectivity index (χ4n) is 2.97. The first kappa shape index (κ1) is 19.0. The molecule has 1 aliphatic rings. The van der Waals surface area contributed by atoms with Crippen molar-refractivity contribution in [1.29, 1.82) is 0 Å². The molecule has 2 aromatic carbocycles. The Morgan fingerprint density at radius 3 is 2.52 bits per heavy atom. The van der Waals surface area contributed by atoms with Gasteiger partial charge in [-0.1, -0.05) is 24.3 Å². The summed E-state index contributed by atoms with van der Waals surface area (Å²) in [6.07, 6.45) is 1.66. The van der Waals surface area contributed by atoms with Gasteiger partial charge in [0, 0.05) is 24.7 Å². The summed E-state index contributed by atoms with van der Waals surface area (Å²) in [6, 6.07) is 11.9. The SMILES string of the molecule is O=C(CNc1ccccc1[N+](=O)[O-])c1cccc(S(=O)(=O)N2CCCC2)c1. The number of hydrogen-bond acceptors (Lipinski definition) is 6. The third-order valence-electron chi connectivity index (χ3n) is 4.40. The molecule has 1 heterocycles. The first-order valence-corrected chi connectivity index (χ1v) is 9.94. The zero-order chi connectivity index (χ0) is 19.4. The third kappa shape index (κ3) is 4.15. The summed E-state index contributed by atoms with van der Waals surface area (Å²) in [7, 11) is -3.61. The van der Waals surface area contributed by atoms with E-state index in [0.717, 1.165) is 12.8 Å². The largest absolute Gasteiger partial charge is 0.372 e. The molecule has 0 aromatic heterocycles. The second-order valence-electron chi connectivity index (χ2n) is 6.19. The molecular formula is C18H19N3O5S. The molecule has 0 bridgehead atoms. The Morgan fingerprint density at radius 2 is 1.81 bits per heavy atom. The van der Waals surface area contributed by atoms with E-state index in [0.29, 0.717) is 13.1 Å². The van der Waals surface area contributed by atoms with Crippen LogP contribution in [0, 0.1) is 10.1 Å². The highest BCUT2D eigenvalue weighted by atomic mass is 32.2. The smallest absolute Gasteiger partial charge is 0.292 e. The molecule has 0 unspecified atom stereocenters. The van der Waals surface area contributed by atoms with Crippen molar-refractivity contribution in [2.75, 3.05) is 25.0 Å². The van der Waals surface area contributed by atoms with Crippen LogP contribution in [0.15, 0.2) is 53.4 Å². The van der Waals surface area contributed by atoms with Gasteiger partial charge in [0.2, 0.25) is 10.0 Å². The van der Waals surface area contributed by atoms with Crippen LogP contribution in [0.5, 0.6) is 0 Å². The van der Waals surface area contributed by atoms with Crippen molar-refractivity contribution in [1.82, 2.24) is 4.31 Å². The van der Waals surface area contributed by atoms with E-state index in [2.05, 4.69) is 5.32 Å². The standard InChI is InChI=1S/C18H19N3O5S/c22-18(13-19-16-8-1-2-9-17(16)21(23)24)14-6-5-7-15(12-14)27(25,26)20-10-3-4-11-20/h1-2,5-9,12,19H,3-4,10-11,13H2. The summed E-state index contributed by atoms with van der Waals surface area (Å²) in [5, 5.41) is 13.8. The molecule has 1 aliphatic heterocycles. The Kier molecular flexibility index (Phi) is 5.52. The number of rotatable bonds is 7. The number of sulfonamides is 1. The molecule has 0 radical (unpaired) electrons. The van der Waals surface area contributed by atoms with E-state index in [-0.39, 0.29) is 34.2 Å². The predicted octanol–water partition coefficient (Wildman–Crippen LogP) is 2.67. The third-order valence-corrected chi connectivity index (χ3v) is 6.29. The molecule has 0 atom stereocenters. The van der Waals surface area contributed by atoms with Crippen molar-refractivity contribution in [2.24, 2.45) is 0 Å². The van der Waals surface area contributed by atoms with Crippen LogP contribution < -0.4 is 5.32 Å². The van der Waals surface area contributed by atoms with Crippen LogP contribution in [0.2, 0.25) is 0 Å². The van der Waals surface area contributed by atoms with Crippen LogP contribution in [0.1, 0.15) is 23.2 Å². The van der Waals surface area contributed by atoms with Crippen LogP contribution in [-0.4, -0.2) is 43.1 Å². The van der Waals surface area contributed by atoms with Crippen molar-refractivity contribution in [3.05, 3.63) is 64.2 Å². The molecular weight excluding hydrogens is 370 g/mol. The average Bonchev–Trinajstić information content (AvgIpc) is 3.22. The topological polar surface area (TPSA) is 110 Å². The Balaban J connectivity index is 1.76. The molecule has 0 aliphatic carbocycles. The molecule has 0 amide bonds. The summed E-state index contributed by atoms with van der Waals surface area (Å²) in [6.45, 7) is 0.789. The van der Waals surface area contributed by atoms with E-state index >= 15 is 0 Å². The van der Waals surface area contributed by atoms with Gasteiger partial charge < -0.3 is 5.32 Å². The fourth-order valence-corrected chi connectivity index (χ4v) is 4.53. The number of hydrogen-bond donors (Lipinski definition) is 1. The number of Topliss-reactive ketones (excluding diaryl/α,β-unsaturated/α-hetero) is 1. The number of anilines is 1. The number of benzene rings is 2. The summed E-state index contributed by atoms with van der Waals surface area (Å²) in [4.78, 5) is 23.0. The number of carbonyl (C=O) groups is 1. The molecule has 0 spiro atoms. The number of carbonyl (C=O) groups excluding carboxylic acids is 1. The number of nitro groups is 1. The second kappa shape index (κ2) is 7.85. The van der Waals surface area contributed by atoms with Gasteiger partial charge in [-0.2, -0.15) is 4.31 Å². The first-order chi connectivity index (χ1) is 12.9. The lowest BCUT2D eigenvalue weighted by Crippen LogP contribution is -2.28. The van der Waals surface area contributed by atoms with Gasteiger partial charge in [-0.05, 0) is 31.0 Å². The van der Waals surface area contributed by atoms with Crippen LogP contribution in [0.3, 0.4) is 0 Å². The predicted molar refractivity (Wildman–Crippen MR) is 100 cm³/mol. The Bertz CT molecular complexity index is 968. The minimum Gasteiger partial charge on any atom is -0.372 e. The number of nitrogens with one attached hydrogen (secondary N) is 1. The van der Waals surface area contributed by atoms with Gasteiger partial charge in [0.15, 0.2) is 5.78 Å². The van der Waals surface area contributed by atoms with E-state index in [9.17, 15) is 23.3 Å². The average molecular weight is 389 g/mol. The maximum Gasteiger partial charge on any atom is 0.292 e. The molecule has 142 valence electrons. The number of ketones is 1. The van der Waals surface area contributed by atoms with E-state index < -0.39 is 14.9 Å². The lowest BCUT2D eigenvalue weighted by atomic mass is 10.1. The minimum absolute atomic E-state index is 0.0842. The quantitative estimate of drug-likeness (QED) is 0.443. The van der Waals surface area contributed by atoms with Gasteiger partial charge in [-0.3, -0.25) is 14.9 Å². The van der Waals surface area contributed by atoms with Crippen molar-refractivity contribution in [2.45, 2.75) is 17.7 Å². The second-order valence-corrected chi connectivity index (χ2v) is 8.13. The van der Waals surface area contributed by atoms with E-state index in [1.807, 2.05) is 0 Å². The lowest BCUT2D eigenvalue weighted by Gasteiger charge is -2.16. The first-order valence-electron chi connectivity index (χ1n) is 8.50. The number of nitro benzene ring substituents is 1. The maximum atomic E-state index is 12.6. The van der Waals surface area contributed by atoms with Crippen LogP contribution in [0.4, 0.5) is 11.4 Å². The van der Waals surface area contributed by atoms with Gasteiger partial charge in [-0.15, -0.1) is 0 Å². The van der Waals surface area contributed by atoms with E-state index in [1.165, 1.54) is 46.8 Å². The van der Waals surface area contributed by atoms with E-state index in [4.69, 9.17) is 0 Å². The highest BCUT2D eigenvalue weighted by Gasteiger charge is 2.27. The van der Waals surface area contributed by atoms with Crippen molar-refractivity contribution in [3.8, 4) is 0 Å². The Morgan fingerprint density at radius 1 is 1.11 bits per heavy atom. The normalized spacial score (nSPS) is 14.8. The summed E-state index contributed by atoms with van der Waals surface area (Å²) in [5.74, 6) is -0.355. The monoisotopic (exact) mass is 389 g/mol. The highest BCUT2D eigenvalue weighted by Crippen LogP contribution is 2.24. The van der Waals surface area contributed by atoms with Crippen LogP contribution in [0.25, 0.3) is 0 Å². The van der Waals surface area contributed by atoms with Gasteiger partial charge in [-0.25, -0.2) is 8.42 Å². The van der Waals surface area contributed by atoms with Gasteiger partial charge in [0.1, 0.15) is 5.69 Å². The van der Waals surface area contributed by atoms with Crippen LogP contribution in [-0.2, 0) is 10.0 Å². The Hall–Kier alpha value is -2.78. The number of nitrogens with zero attached hydrogens (tertiary/aromatic N) is 2. The molecule has 27 heavy (non-hydrogen) atoms. The molecule has 2 aromatic rings. The number of para-hydroxylation sites is 2. The lowest BCUT2D eigenvalue weighted by molar-refractivity contribution is -0.383. The molecule has 9 heteroatoms. The zero-order valence-electron chi connectivity index (χ0n) is 14.5. The zero-order valence-corrected chi connectivity index (χ0v) is 15.3. The molecule has 1 saturated heterocycles. The summed E-state index contributed by atoms with van der Waals surface area (Å²) >= 11 is 0. The molecule has 0 saturated carbocycles. The van der Waals surface area contributed by atoms with Crippen molar-refractivity contribution in [3.63, 3.8) is 0 Å². The maximum absolute atomic E-state index is 12.6. The molecule has 1 fully saturated rings. The van der Waals surface area contributed by atoms with Gasteiger partial charge in [0.05, 0.1) is 16.4 Å². The molecule has 1 N–H and O–H groups in total. The highest BCUT2D eigenvalue weighted by molar-refractivity contribution is 7.89. The van der Waals surface area contributed by atoms with Crippen LogP contribution >= 0.6 is 0 Å². The van der Waals surface area contributed by atoms with Crippen molar-refractivity contribution < 1.29 is 18.1 Å². The fraction of sp³-hybridized carbons (Fsp3) is 0.278.